The highest BCUT2D eigenvalue weighted by Crippen LogP contribution is 2.28. The number of hydrogen-bond donors (Lipinski definition) is 1. The molecule has 2 N–H and O–H groups in total. The number of likely N-dealkylation sites (N-methyl/N-ethyl adjacent to an activating group) is 1. The normalized spacial score (nSPS) is 18.6. The molecule has 0 aromatic heterocycles. The summed E-state index contributed by atoms with van der Waals surface area (Å²) >= 11 is 0. The van der Waals surface area contributed by atoms with Crippen molar-refractivity contribution in [2.24, 2.45) is 5.73 Å². The number of rotatable bonds is 6. The van der Waals surface area contributed by atoms with E-state index >= 15 is 0 Å². The first-order valence-corrected chi connectivity index (χ1v) is 5.79. The Balaban J connectivity index is 4.76. The number of halogens is 3. The Kier molecular flexibility index (Phi) is 6.33. The van der Waals surface area contributed by atoms with Crippen LogP contribution in [-0.2, 0) is 0 Å². The third kappa shape index (κ3) is 4.29. The van der Waals surface area contributed by atoms with Gasteiger partial charge in [0.05, 0.1) is 0 Å². The van der Waals surface area contributed by atoms with Crippen LogP contribution in [0.2, 0.25) is 0 Å². The van der Waals surface area contributed by atoms with E-state index in [1.54, 1.807) is 6.92 Å². The highest BCUT2D eigenvalue weighted by Gasteiger charge is 2.46. The van der Waals surface area contributed by atoms with Gasteiger partial charge >= 0.3 is 6.18 Å². The molecule has 0 saturated heterocycles. The standard InChI is InChI=1S/C11H23F3N2/c1-5-7-8(3)16(4)10(9(15)6-2)11(12,13)14/h8-10H,5-7,15H2,1-4H3. The van der Waals surface area contributed by atoms with Gasteiger partial charge in [-0.2, -0.15) is 13.2 Å². The number of nitrogens with zero attached hydrogens (tertiary/aromatic N) is 1. The molecule has 0 aromatic rings. The van der Waals surface area contributed by atoms with E-state index in [0.717, 1.165) is 12.8 Å². The largest absolute Gasteiger partial charge is 0.405 e. The maximum Gasteiger partial charge on any atom is 0.405 e. The summed E-state index contributed by atoms with van der Waals surface area (Å²) in [5.74, 6) is 0. The molecule has 3 atom stereocenters. The Morgan fingerprint density at radius 1 is 1.25 bits per heavy atom. The Bertz CT molecular complexity index is 194. The predicted molar refractivity (Wildman–Crippen MR) is 60.2 cm³/mol. The lowest BCUT2D eigenvalue weighted by molar-refractivity contribution is -0.191. The van der Waals surface area contributed by atoms with Crippen LogP contribution in [0.3, 0.4) is 0 Å². The summed E-state index contributed by atoms with van der Waals surface area (Å²) in [7, 11) is 1.51. The van der Waals surface area contributed by atoms with Gasteiger partial charge in [0.2, 0.25) is 0 Å². The molecule has 0 spiro atoms. The van der Waals surface area contributed by atoms with Crippen molar-refractivity contribution in [1.29, 1.82) is 0 Å². The average molecular weight is 240 g/mol. The third-order valence-corrected chi connectivity index (χ3v) is 3.05. The average Bonchev–Trinajstić information content (AvgIpc) is 2.15. The molecule has 0 fully saturated rings. The topological polar surface area (TPSA) is 29.3 Å². The van der Waals surface area contributed by atoms with Gasteiger partial charge in [-0.3, -0.25) is 4.90 Å². The van der Waals surface area contributed by atoms with Crippen LogP contribution in [0.15, 0.2) is 0 Å². The summed E-state index contributed by atoms with van der Waals surface area (Å²) in [6.45, 7) is 5.46. The van der Waals surface area contributed by atoms with Gasteiger partial charge in [0, 0.05) is 12.1 Å². The van der Waals surface area contributed by atoms with Gasteiger partial charge in [-0.1, -0.05) is 20.3 Å². The maximum atomic E-state index is 12.9. The molecule has 0 aliphatic heterocycles. The molecule has 2 nitrogen and oxygen atoms in total. The maximum absolute atomic E-state index is 12.9. The molecule has 0 aromatic carbocycles. The van der Waals surface area contributed by atoms with Crippen LogP contribution in [0.1, 0.15) is 40.0 Å². The molecule has 16 heavy (non-hydrogen) atoms. The van der Waals surface area contributed by atoms with Crippen molar-refractivity contribution in [3.63, 3.8) is 0 Å². The van der Waals surface area contributed by atoms with Crippen molar-refractivity contribution in [2.45, 2.75) is 64.3 Å². The predicted octanol–water partition coefficient (Wildman–Crippen LogP) is 2.78. The Hall–Kier alpha value is -0.290. The van der Waals surface area contributed by atoms with E-state index in [1.807, 2.05) is 13.8 Å². The van der Waals surface area contributed by atoms with Gasteiger partial charge in [-0.05, 0) is 26.8 Å². The Morgan fingerprint density at radius 3 is 2.06 bits per heavy atom. The minimum atomic E-state index is -4.26. The number of nitrogens with two attached hydrogens (primary N) is 1. The summed E-state index contributed by atoms with van der Waals surface area (Å²) in [4.78, 5) is 1.36. The van der Waals surface area contributed by atoms with Crippen molar-refractivity contribution in [3.8, 4) is 0 Å². The molecule has 0 aliphatic carbocycles. The lowest BCUT2D eigenvalue weighted by Gasteiger charge is -2.37. The van der Waals surface area contributed by atoms with E-state index in [9.17, 15) is 13.2 Å². The van der Waals surface area contributed by atoms with E-state index in [1.165, 1.54) is 11.9 Å². The lowest BCUT2D eigenvalue weighted by Crippen LogP contribution is -2.56. The zero-order chi connectivity index (χ0) is 12.9. The van der Waals surface area contributed by atoms with E-state index < -0.39 is 18.3 Å². The van der Waals surface area contributed by atoms with Crippen LogP contribution in [0.25, 0.3) is 0 Å². The van der Waals surface area contributed by atoms with E-state index in [2.05, 4.69) is 0 Å². The zero-order valence-corrected chi connectivity index (χ0v) is 10.5. The van der Waals surface area contributed by atoms with Crippen molar-refractivity contribution in [1.82, 2.24) is 4.90 Å². The van der Waals surface area contributed by atoms with Crippen LogP contribution in [0, 0.1) is 0 Å². The Morgan fingerprint density at radius 2 is 1.75 bits per heavy atom. The fourth-order valence-corrected chi connectivity index (χ4v) is 1.89. The molecule has 0 amide bonds. The van der Waals surface area contributed by atoms with E-state index in [4.69, 9.17) is 5.73 Å². The molecule has 0 heterocycles. The SMILES string of the molecule is CCCC(C)N(C)C(C(N)CC)C(F)(F)F. The van der Waals surface area contributed by atoms with Gasteiger partial charge in [-0.25, -0.2) is 0 Å². The summed E-state index contributed by atoms with van der Waals surface area (Å²) in [6, 6.07) is -2.50. The quantitative estimate of drug-likeness (QED) is 0.773. The summed E-state index contributed by atoms with van der Waals surface area (Å²) in [6.07, 6.45) is -2.31. The summed E-state index contributed by atoms with van der Waals surface area (Å²) in [5.41, 5.74) is 5.58. The van der Waals surface area contributed by atoms with Gasteiger partial charge < -0.3 is 5.73 Å². The molecule has 0 rings (SSSR count). The van der Waals surface area contributed by atoms with Crippen LogP contribution in [0.4, 0.5) is 13.2 Å². The van der Waals surface area contributed by atoms with Crippen LogP contribution < -0.4 is 5.73 Å². The van der Waals surface area contributed by atoms with Crippen molar-refractivity contribution in [3.05, 3.63) is 0 Å². The second-order valence-corrected chi connectivity index (χ2v) is 4.36. The molecule has 0 saturated carbocycles. The smallest absolute Gasteiger partial charge is 0.326 e. The first kappa shape index (κ1) is 15.7. The van der Waals surface area contributed by atoms with Gasteiger partial charge in [-0.15, -0.1) is 0 Å². The molecule has 0 bridgehead atoms. The summed E-state index contributed by atoms with van der Waals surface area (Å²) < 4.78 is 38.7. The molecule has 5 heteroatoms. The minimum absolute atomic E-state index is 0.103. The second kappa shape index (κ2) is 6.45. The van der Waals surface area contributed by atoms with Crippen molar-refractivity contribution < 1.29 is 13.2 Å². The molecular formula is C11H23F3N2. The molecular weight excluding hydrogens is 217 g/mol. The van der Waals surface area contributed by atoms with Crippen LogP contribution in [0.5, 0.6) is 0 Å². The van der Waals surface area contributed by atoms with Crippen molar-refractivity contribution >= 4 is 0 Å². The third-order valence-electron chi connectivity index (χ3n) is 3.05. The molecule has 0 radical (unpaired) electrons. The van der Waals surface area contributed by atoms with Crippen molar-refractivity contribution in [2.75, 3.05) is 7.05 Å². The van der Waals surface area contributed by atoms with Crippen LogP contribution in [-0.4, -0.2) is 36.2 Å². The van der Waals surface area contributed by atoms with E-state index in [0.29, 0.717) is 6.42 Å². The van der Waals surface area contributed by atoms with Gasteiger partial charge in [0.25, 0.3) is 0 Å². The minimum Gasteiger partial charge on any atom is -0.326 e. The molecule has 3 unspecified atom stereocenters. The fraction of sp³-hybridized carbons (Fsp3) is 1.00. The highest BCUT2D eigenvalue weighted by molar-refractivity contribution is 4.88. The lowest BCUT2D eigenvalue weighted by atomic mass is 10.0. The van der Waals surface area contributed by atoms with Gasteiger partial charge in [0.1, 0.15) is 6.04 Å². The number of alkyl halides is 3. The summed E-state index contributed by atoms with van der Waals surface area (Å²) in [5, 5.41) is 0. The zero-order valence-electron chi connectivity index (χ0n) is 10.5. The highest BCUT2D eigenvalue weighted by atomic mass is 19.4. The molecule has 98 valence electrons. The first-order valence-electron chi connectivity index (χ1n) is 5.79. The second-order valence-electron chi connectivity index (χ2n) is 4.36. The van der Waals surface area contributed by atoms with Gasteiger partial charge in [0.15, 0.2) is 0 Å². The van der Waals surface area contributed by atoms with Crippen LogP contribution >= 0.6 is 0 Å². The first-order chi connectivity index (χ1) is 7.25. The fourth-order valence-electron chi connectivity index (χ4n) is 1.89. The Labute approximate surface area is 96.0 Å². The monoisotopic (exact) mass is 240 g/mol. The van der Waals surface area contributed by atoms with E-state index in [-0.39, 0.29) is 6.04 Å². The molecule has 0 aliphatic rings. The number of hydrogen-bond acceptors (Lipinski definition) is 2.